The predicted molar refractivity (Wildman–Crippen MR) is 71.5 cm³/mol. The number of carbonyl (C=O) groups is 1. The van der Waals surface area contributed by atoms with Crippen LogP contribution >= 0.6 is 0 Å². The Kier molecular flexibility index (Phi) is 4.01. The molecule has 0 spiro atoms. The Bertz CT molecular complexity index is 427. The van der Waals surface area contributed by atoms with Crippen LogP contribution in [0.3, 0.4) is 0 Å². The highest BCUT2D eigenvalue weighted by Crippen LogP contribution is 2.18. The van der Waals surface area contributed by atoms with Gasteiger partial charge in [-0.1, -0.05) is 12.8 Å². The zero-order valence-electron chi connectivity index (χ0n) is 11.4. The number of carbonyl (C=O) groups excluding carboxylic acids is 1. The number of rotatable bonds is 2. The number of amides is 1. The first-order valence-corrected chi connectivity index (χ1v) is 6.59. The van der Waals surface area contributed by atoms with Gasteiger partial charge in [0.1, 0.15) is 0 Å². The van der Waals surface area contributed by atoms with Gasteiger partial charge in [-0.25, -0.2) is 0 Å². The molecule has 1 aromatic rings. The molecule has 0 saturated carbocycles. The summed E-state index contributed by atoms with van der Waals surface area (Å²) in [6.07, 6.45) is 6.34. The molecule has 18 heavy (non-hydrogen) atoms. The van der Waals surface area contributed by atoms with Gasteiger partial charge in [-0.3, -0.25) is 14.4 Å². The van der Waals surface area contributed by atoms with Crippen molar-refractivity contribution in [1.82, 2.24) is 14.7 Å². The molecule has 5 heteroatoms. The highest BCUT2D eigenvalue weighted by Gasteiger charge is 2.25. The largest absolute Gasteiger partial charge is 0.322 e. The standard InChI is InChI=1S/C13H22N4O/c1-10-11(9-17(3)15-10)14-13(18)12-7-5-4-6-8-16(12)2/h9,12H,4-8H2,1-3H3,(H,14,18). The molecule has 1 aliphatic heterocycles. The first-order valence-electron chi connectivity index (χ1n) is 6.59. The van der Waals surface area contributed by atoms with Gasteiger partial charge in [0, 0.05) is 13.2 Å². The van der Waals surface area contributed by atoms with Crippen molar-refractivity contribution < 1.29 is 4.79 Å². The summed E-state index contributed by atoms with van der Waals surface area (Å²) >= 11 is 0. The van der Waals surface area contributed by atoms with Crippen molar-refractivity contribution in [3.8, 4) is 0 Å². The van der Waals surface area contributed by atoms with Gasteiger partial charge in [-0.2, -0.15) is 5.10 Å². The van der Waals surface area contributed by atoms with E-state index in [0.29, 0.717) is 0 Å². The lowest BCUT2D eigenvalue weighted by molar-refractivity contribution is -0.120. The van der Waals surface area contributed by atoms with E-state index in [1.165, 1.54) is 12.8 Å². The first kappa shape index (κ1) is 13.1. The summed E-state index contributed by atoms with van der Waals surface area (Å²) < 4.78 is 1.72. The van der Waals surface area contributed by atoms with E-state index in [1.807, 2.05) is 27.2 Å². The van der Waals surface area contributed by atoms with E-state index in [9.17, 15) is 4.79 Å². The van der Waals surface area contributed by atoms with Gasteiger partial charge in [-0.05, 0) is 33.4 Å². The van der Waals surface area contributed by atoms with Crippen LogP contribution in [0.25, 0.3) is 0 Å². The highest BCUT2D eigenvalue weighted by molar-refractivity contribution is 5.95. The maximum Gasteiger partial charge on any atom is 0.241 e. The summed E-state index contributed by atoms with van der Waals surface area (Å²) in [6, 6.07) is -0.00731. The van der Waals surface area contributed by atoms with Crippen molar-refractivity contribution in [3.63, 3.8) is 0 Å². The van der Waals surface area contributed by atoms with Crippen LogP contribution in [-0.2, 0) is 11.8 Å². The van der Waals surface area contributed by atoms with Gasteiger partial charge in [0.05, 0.1) is 17.4 Å². The van der Waals surface area contributed by atoms with Crippen molar-refractivity contribution in [2.75, 3.05) is 18.9 Å². The molecule has 1 fully saturated rings. The minimum atomic E-state index is -0.00731. The Hall–Kier alpha value is -1.36. The molecule has 1 amide bonds. The molecule has 1 N–H and O–H groups in total. The second-order valence-electron chi connectivity index (χ2n) is 5.14. The van der Waals surface area contributed by atoms with Gasteiger partial charge in [-0.15, -0.1) is 0 Å². The SMILES string of the molecule is Cc1nn(C)cc1NC(=O)C1CCCCCN1C. The van der Waals surface area contributed by atoms with E-state index < -0.39 is 0 Å². The number of likely N-dealkylation sites (N-methyl/N-ethyl adjacent to an activating group) is 1. The molecule has 100 valence electrons. The fourth-order valence-corrected chi connectivity index (χ4v) is 2.52. The molecule has 5 nitrogen and oxygen atoms in total. The molecule has 0 bridgehead atoms. The third kappa shape index (κ3) is 2.90. The van der Waals surface area contributed by atoms with Crippen LogP contribution in [0.5, 0.6) is 0 Å². The summed E-state index contributed by atoms with van der Waals surface area (Å²) in [5.74, 6) is 0.0931. The van der Waals surface area contributed by atoms with Crippen LogP contribution in [0, 0.1) is 6.92 Å². The zero-order valence-corrected chi connectivity index (χ0v) is 11.4. The van der Waals surface area contributed by atoms with E-state index in [1.54, 1.807) is 4.68 Å². The lowest BCUT2D eigenvalue weighted by Gasteiger charge is -2.24. The summed E-state index contributed by atoms with van der Waals surface area (Å²) in [7, 11) is 3.89. The molecular weight excluding hydrogens is 228 g/mol. The first-order chi connectivity index (χ1) is 8.58. The van der Waals surface area contributed by atoms with Crippen LogP contribution in [0.1, 0.15) is 31.4 Å². The van der Waals surface area contributed by atoms with Gasteiger partial charge < -0.3 is 5.32 Å². The number of aryl methyl sites for hydroxylation is 2. The Morgan fingerprint density at radius 2 is 2.17 bits per heavy atom. The molecule has 2 heterocycles. The van der Waals surface area contributed by atoms with E-state index in [-0.39, 0.29) is 11.9 Å². The van der Waals surface area contributed by atoms with Crippen molar-refractivity contribution >= 4 is 11.6 Å². The Morgan fingerprint density at radius 1 is 1.39 bits per heavy atom. The van der Waals surface area contributed by atoms with Crippen LogP contribution in [0.4, 0.5) is 5.69 Å². The topological polar surface area (TPSA) is 50.2 Å². The van der Waals surface area contributed by atoms with Crippen LogP contribution in [-0.4, -0.2) is 40.2 Å². The maximum atomic E-state index is 12.3. The smallest absolute Gasteiger partial charge is 0.241 e. The fourth-order valence-electron chi connectivity index (χ4n) is 2.52. The number of hydrogen-bond acceptors (Lipinski definition) is 3. The molecule has 1 atom stereocenters. The number of hydrogen-bond donors (Lipinski definition) is 1. The van der Waals surface area contributed by atoms with Crippen LogP contribution in [0.15, 0.2) is 6.20 Å². The Balaban J connectivity index is 2.04. The average Bonchev–Trinajstić information content (AvgIpc) is 2.52. The number of nitrogens with zero attached hydrogens (tertiary/aromatic N) is 3. The Morgan fingerprint density at radius 3 is 2.83 bits per heavy atom. The Labute approximate surface area is 108 Å². The number of anilines is 1. The minimum absolute atomic E-state index is 0.00731. The second kappa shape index (κ2) is 5.52. The van der Waals surface area contributed by atoms with Crippen molar-refractivity contribution in [2.45, 2.75) is 38.6 Å². The van der Waals surface area contributed by atoms with Gasteiger partial charge in [0.2, 0.25) is 5.91 Å². The maximum absolute atomic E-state index is 12.3. The molecule has 0 radical (unpaired) electrons. The van der Waals surface area contributed by atoms with Crippen molar-refractivity contribution in [1.29, 1.82) is 0 Å². The normalized spacial score (nSPS) is 21.6. The summed E-state index contributed by atoms with van der Waals surface area (Å²) in [6.45, 7) is 2.91. The molecular formula is C13H22N4O. The molecule has 1 saturated heterocycles. The van der Waals surface area contributed by atoms with Gasteiger partial charge in [0.15, 0.2) is 0 Å². The van der Waals surface area contributed by atoms with Crippen LogP contribution in [0.2, 0.25) is 0 Å². The highest BCUT2D eigenvalue weighted by atomic mass is 16.2. The van der Waals surface area contributed by atoms with E-state index >= 15 is 0 Å². The third-order valence-corrected chi connectivity index (χ3v) is 3.59. The van der Waals surface area contributed by atoms with E-state index in [4.69, 9.17) is 0 Å². The lowest BCUT2D eigenvalue weighted by atomic mass is 10.1. The van der Waals surface area contributed by atoms with Crippen molar-refractivity contribution in [3.05, 3.63) is 11.9 Å². The lowest BCUT2D eigenvalue weighted by Crippen LogP contribution is -2.41. The summed E-state index contributed by atoms with van der Waals surface area (Å²) in [5, 5.41) is 7.23. The number of aromatic nitrogens is 2. The summed E-state index contributed by atoms with van der Waals surface area (Å²) in [5.41, 5.74) is 1.68. The number of nitrogens with one attached hydrogen (secondary N) is 1. The minimum Gasteiger partial charge on any atom is -0.322 e. The van der Waals surface area contributed by atoms with Crippen molar-refractivity contribution in [2.24, 2.45) is 7.05 Å². The zero-order chi connectivity index (χ0) is 13.1. The number of likely N-dealkylation sites (tertiary alicyclic amines) is 1. The monoisotopic (exact) mass is 250 g/mol. The third-order valence-electron chi connectivity index (χ3n) is 3.59. The van der Waals surface area contributed by atoms with Gasteiger partial charge >= 0.3 is 0 Å². The molecule has 1 aromatic heterocycles. The average molecular weight is 250 g/mol. The molecule has 2 rings (SSSR count). The predicted octanol–water partition coefficient (Wildman–Crippen LogP) is 1.54. The van der Waals surface area contributed by atoms with Crippen LogP contribution < -0.4 is 5.32 Å². The molecule has 1 aliphatic rings. The quantitative estimate of drug-likeness (QED) is 0.866. The molecule has 1 unspecified atom stereocenters. The van der Waals surface area contributed by atoms with E-state index in [2.05, 4.69) is 15.3 Å². The molecule has 0 aliphatic carbocycles. The summed E-state index contributed by atoms with van der Waals surface area (Å²) in [4.78, 5) is 14.5. The van der Waals surface area contributed by atoms with Gasteiger partial charge in [0.25, 0.3) is 0 Å². The second-order valence-corrected chi connectivity index (χ2v) is 5.14. The fraction of sp³-hybridized carbons (Fsp3) is 0.692. The van der Waals surface area contributed by atoms with E-state index in [0.717, 1.165) is 30.8 Å². The molecule has 0 aromatic carbocycles.